The van der Waals surface area contributed by atoms with Crippen molar-refractivity contribution in [2.24, 2.45) is 5.92 Å². The standard InChI is InChI=1S/C34H42FN7/c1-6-24(21-26(7-2)37-23(5)25-15-11-9-12-16-25)22(4)30(35)29-27(8-3)40-41-32(29)34-38-31-28(17-18-36-33(31)39-34)42-19-13-10-14-20-42/h6-8,17-18,21,25,37,40H,2,4-5,9-16,19-20H2,1,3H3,(H,36,38,39)/b24-6+,26-21+,27-8+,30-29-. The molecule has 220 valence electrons. The Labute approximate surface area is 247 Å². The number of anilines is 1. The smallest absolute Gasteiger partial charge is 0.180 e. The Morgan fingerprint density at radius 2 is 1.83 bits per heavy atom. The van der Waals surface area contributed by atoms with E-state index >= 15 is 4.39 Å². The predicted molar refractivity (Wildman–Crippen MR) is 171 cm³/mol. The third-order valence-corrected chi connectivity index (χ3v) is 8.45. The summed E-state index contributed by atoms with van der Waals surface area (Å²) in [7, 11) is 0. The first-order valence-electron chi connectivity index (χ1n) is 15.1. The number of hydrogen-bond donors (Lipinski definition) is 3. The summed E-state index contributed by atoms with van der Waals surface area (Å²) in [5.74, 6) is 0.418. The van der Waals surface area contributed by atoms with Gasteiger partial charge in [0.15, 0.2) is 11.5 Å². The monoisotopic (exact) mass is 567 g/mol. The van der Waals surface area contributed by atoms with Gasteiger partial charge < -0.3 is 15.2 Å². The van der Waals surface area contributed by atoms with Crippen molar-refractivity contribution in [3.63, 3.8) is 0 Å². The molecule has 0 aromatic carbocycles. The molecule has 4 heterocycles. The Hall–Kier alpha value is -4.20. The van der Waals surface area contributed by atoms with Crippen LogP contribution in [0.3, 0.4) is 0 Å². The van der Waals surface area contributed by atoms with Gasteiger partial charge in [-0.05, 0) is 75.7 Å². The Kier molecular flexibility index (Phi) is 9.20. The van der Waals surface area contributed by atoms with Crippen LogP contribution in [0.4, 0.5) is 10.1 Å². The minimum atomic E-state index is -0.476. The lowest BCUT2D eigenvalue weighted by atomic mass is 9.87. The van der Waals surface area contributed by atoms with Crippen molar-refractivity contribution >= 4 is 28.8 Å². The zero-order valence-electron chi connectivity index (χ0n) is 24.9. The first-order valence-corrected chi connectivity index (χ1v) is 15.1. The molecule has 0 radical (unpaired) electrons. The number of imidazole rings is 1. The number of H-pyrrole nitrogens is 2. The molecule has 8 heteroatoms. The molecule has 0 unspecified atom stereocenters. The van der Waals surface area contributed by atoms with Crippen LogP contribution in [-0.4, -0.2) is 38.2 Å². The van der Waals surface area contributed by atoms with Crippen molar-refractivity contribution in [2.45, 2.75) is 65.2 Å². The molecule has 2 fully saturated rings. The summed E-state index contributed by atoms with van der Waals surface area (Å²) in [5, 5.41) is 11.8. The van der Waals surface area contributed by atoms with E-state index < -0.39 is 5.83 Å². The minimum absolute atomic E-state index is 0.246. The average Bonchev–Trinajstić information content (AvgIpc) is 3.67. The number of rotatable bonds is 9. The molecule has 3 aromatic rings. The van der Waals surface area contributed by atoms with E-state index in [1.807, 2.05) is 32.1 Å². The van der Waals surface area contributed by atoms with Crippen molar-refractivity contribution in [1.82, 2.24) is 30.5 Å². The molecule has 1 aliphatic carbocycles. The molecule has 0 spiro atoms. The van der Waals surface area contributed by atoms with Gasteiger partial charge in [0.2, 0.25) is 0 Å². The van der Waals surface area contributed by atoms with E-state index in [9.17, 15) is 0 Å². The fourth-order valence-electron chi connectivity index (χ4n) is 6.04. The number of allylic oxidation sites excluding steroid dienone is 6. The number of nitrogens with one attached hydrogen (secondary N) is 3. The molecule has 5 rings (SSSR count). The molecule has 3 aromatic heterocycles. The third-order valence-electron chi connectivity index (χ3n) is 8.45. The molecule has 1 aliphatic heterocycles. The molecule has 0 bridgehead atoms. The van der Waals surface area contributed by atoms with Gasteiger partial charge in [0.1, 0.15) is 17.0 Å². The summed E-state index contributed by atoms with van der Waals surface area (Å²) in [6.07, 6.45) is 18.6. The summed E-state index contributed by atoms with van der Waals surface area (Å²) < 4.78 is 16.5. The molecule has 2 aliphatic rings. The minimum Gasteiger partial charge on any atom is -0.370 e. The van der Waals surface area contributed by atoms with Crippen LogP contribution in [0.2, 0.25) is 0 Å². The van der Waals surface area contributed by atoms with E-state index in [1.165, 1.54) is 25.7 Å². The largest absolute Gasteiger partial charge is 0.370 e. The van der Waals surface area contributed by atoms with Gasteiger partial charge in [0.25, 0.3) is 0 Å². The molecule has 3 N–H and O–H groups in total. The zero-order valence-corrected chi connectivity index (χ0v) is 24.9. The molecule has 7 nitrogen and oxygen atoms in total. The fourth-order valence-corrected chi connectivity index (χ4v) is 6.04. The second kappa shape index (κ2) is 13.2. The number of halogens is 1. The second-order valence-electron chi connectivity index (χ2n) is 11.1. The Morgan fingerprint density at radius 1 is 1.10 bits per heavy atom. The summed E-state index contributed by atoms with van der Waals surface area (Å²) >= 11 is 0. The SMILES string of the molecule is C=C/C(=C\C(=C/C)C(=C)/C(F)=c1/c(-c2nc3nccc(N4CCCCC4)c3[nH]2)n[nH]/c1=C/C)NC(=C)C1CCCCC1. The van der Waals surface area contributed by atoms with Gasteiger partial charge in [-0.3, -0.25) is 5.10 Å². The second-order valence-corrected chi connectivity index (χ2v) is 11.1. The van der Waals surface area contributed by atoms with Gasteiger partial charge in [-0.1, -0.05) is 51.2 Å². The Balaban J connectivity index is 1.50. The third kappa shape index (κ3) is 6.03. The summed E-state index contributed by atoms with van der Waals surface area (Å²) in [6, 6.07) is 2.01. The maximum absolute atomic E-state index is 16.5. The Bertz CT molecular complexity index is 1660. The number of nitrogens with zero attached hydrogens (tertiary/aromatic N) is 4. The normalized spacial score (nSPS) is 18.4. The number of piperidine rings is 1. The molecule has 1 saturated heterocycles. The van der Waals surface area contributed by atoms with Crippen LogP contribution < -0.4 is 20.8 Å². The summed E-state index contributed by atoms with van der Waals surface area (Å²) in [6.45, 7) is 18.1. The highest BCUT2D eigenvalue weighted by Crippen LogP contribution is 2.30. The number of fused-ring (bicyclic) bond motifs is 1. The van der Waals surface area contributed by atoms with Gasteiger partial charge in [-0.2, -0.15) is 5.10 Å². The molecular weight excluding hydrogens is 525 g/mol. The van der Waals surface area contributed by atoms with Crippen LogP contribution in [0.25, 0.3) is 34.6 Å². The molecule has 1 saturated carbocycles. The lowest BCUT2D eigenvalue weighted by molar-refractivity contribution is 0.393. The summed E-state index contributed by atoms with van der Waals surface area (Å²) in [4.78, 5) is 15.0. The molecule has 0 amide bonds. The van der Waals surface area contributed by atoms with Crippen molar-refractivity contribution in [1.29, 1.82) is 0 Å². The van der Waals surface area contributed by atoms with Crippen molar-refractivity contribution in [3.8, 4) is 11.5 Å². The number of aromatic nitrogens is 5. The van der Waals surface area contributed by atoms with E-state index in [-0.39, 0.29) is 5.57 Å². The van der Waals surface area contributed by atoms with Gasteiger partial charge >= 0.3 is 0 Å². The first kappa shape index (κ1) is 29.3. The van der Waals surface area contributed by atoms with E-state index in [1.54, 1.807) is 18.3 Å². The summed E-state index contributed by atoms with van der Waals surface area (Å²) in [5.41, 5.74) is 5.49. The van der Waals surface area contributed by atoms with Gasteiger partial charge in [-0.25, -0.2) is 14.4 Å². The Morgan fingerprint density at radius 3 is 2.52 bits per heavy atom. The van der Waals surface area contributed by atoms with Crippen LogP contribution >= 0.6 is 0 Å². The van der Waals surface area contributed by atoms with E-state index in [0.717, 1.165) is 61.4 Å². The topological polar surface area (TPSA) is 85.5 Å². The lowest BCUT2D eigenvalue weighted by Crippen LogP contribution is -2.29. The van der Waals surface area contributed by atoms with Gasteiger partial charge in [-0.15, -0.1) is 0 Å². The maximum Gasteiger partial charge on any atom is 0.180 e. The number of hydrogen-bond acceptors (Lipinski definition) is 5. The molecule has 42 heavy (non-hydrogen) atoms. The first-order chi connectivity index (χ1) is 20.4. The highest BCUT2D eigenvalue weighted by Gasteiger charge is 2.21. The van der Waals surface area contributed by atoms with Crippen molar-refractivity contribution in [2.75, 3.05) is 18.0 Å². The van der Waals surface area contributed by atoms with E-state index in [2.05, 4.69) is 50.1 Å². The fraction of sp³-hybridized carbons (Fsp3) is 0.382. The predicted octanol–water partition coefficient (Wildman–Crippen LogP) is 6.47. The van der Waals surface area contributed by atoms with Crippen LogP contribution in [0.5, 0.6) is 0 Å². The highest BCUT2D eigenvalue weighted by atomic mass is 19.1. The van der Waals surface area contributed by atoms with Gasteiger partial charge in [0.05, 0.1) is 16.3 Å². The van der Waals surface area contributed by atoms with Crippen LogP contribution in [0.1, 0.15) is 65.2 Å². The quantitative estimate of drug-likeness (QED) is 0.258. The van der Waals surface area contributed by atoms with Crippen LogP contribution in [0.15, 0.2) is 72.8 Å². The van der Waals surface area contributed by atoms with Gasteiger partial charge in [0, 0.05) is 36.3 Å². The molecular formula is C34H42FN7. The van der Waals surface area contributed by atoms with Crippen LogP contribution in [0, 0.1) is 5.92 Å². The van der Waals surface area contributed by atoms with E-state index in [4.69, 9.17) is 4.98 Å². The maximum atomic E-state index is 16.5. The number of pyridine rings is 1. The highest BCUT2D eigenvalue weighted by molar-refractivity contribution is 5.88. The number of aromatic amines is 2. The van der Waals surface area contributed by atoms with Crippen molar-refractivity contribution < 1.29 is 4.39 Å². The average molecular weight is 568 g/mol. The van der Waals surface area contributed by atoms with E-state index in [0.29, 0.717) is 39.2 Å². The van der Waals surface area contributed by atoms with Crippen molar-refractivity contribution in [3.05, 3.63) is 83.3 Å². The zero-order chi connectivity index (χ0) is 29.6. The molecule has 0 atom stereocenters. The lowest BCUT2D eigenvalue weighted by Gasteiger charge is -2.28. The van der Waals surface area contributed by atoms with Crippen LogP contribution in [-0.2, 0) is 0 Å².